The van der Waals surface area contributed by atoms with Crippen LogP contribution in [0.4, 0.5) is 0 Å². The summed E-state index contributed by atoms with van der Waals surface area (Å²) in [6.07, 6.45) is 0. The Morgan fingerprint density at radius 3 is 2.55 bits per heavy atom. The zero-order chi connectivity index (χ0) is 7.94. The minimum Gasteiger partial charge on any atom is -0.330 e. The van der Waals surface area contributed by atoms with Crippen LogP contribution in [0, 0.1) is 0 Å². The monoisotopic (exact) mass is 185 g/mol. The van der Waals surface area contributed by atoms with Gasteiger partial charge in [-0.2, -0.15) is 0 Å². The Morgan fingerprint density at radius 1 is 1.18 bits per heavy atom. The largest absolute Gasteiger partial charge is 0.330 e. The number of benzene rings is 1. The average molecular weight is 185 g/mol. The summed E-state index contributed by atoms with van der Waals surface area (Å²) in [5.41, 5.74) is 5.36. The lowest BCUT2D eigenvalue weighted by atomic mass is 10.4. The second-order valence-electron chi connectivity index (χ2n) is 2.01. The minimum atomic E-state index is 0.754. The van der Waals surface area contributed by atoms with Crippen molar-refractivity contribution in [1.82, 2.24) is 0 Å². The third-order valence-electron chi connectivity index (χ3n) is 1.10. The third-order valence-corrected chi connectivity index (χ3v) is 3.52. The molecule has 0 aromatic heterocycles. The van der Waals surface area contributed by atoms with E-state index < -0.39 is 0 Å². The summed E-state index contributed by atoms with van der Waals surface area (Å²) in [5.74, 6) is 1.01. The van der Waals surface area contributed by atoms with Crippen LogP contribution in [0.15, 0.2) is 35.2 Å². The van der Waals surface area contributed by atoms with E-state index in [9.17, 15) is 0 Å². The van der Waals surface area contributed by atoms with Gasteiger partial charge in [-0.25, -0.2) is 0 Å². The van der Waals surface area contributed by atoms with Crippen molar-refractivity contribution in [3.63, 3.8) is 0 Å². The molecular weight excluding hydrogens is 174 g/mol. The van der Waals surface area contributed by atoms with Crippen molar-refractivity contribution in [2.45, 2.75) is 4.90 Å². The molecule has 0 aliphatic heterocycles. The Kier molecular flexibility index (Phi) is 4.50. The van der Waals surface area contributed by atoms with E-state index >= 15 is 0 Å². The minimum absolute atomic E-state index is 0.754. The standard InChI is InChI=1S/C8H11NS2/c9-6-7-10-11-8-4-2-1-3-5-8/h1-5H,6-7,9H2. The zero-order valence-corrected chi connectivity index (χ0v) is 7.83. The summed E-state index contributed by atoms with van der Waals surface area (Å²) in [6.45, 7) is 0.754. The van der Waals surface area contributed by atoms with Crippen molar-refractivity contribution < 1.29 is 0 Å². The van der Waals surface area contributed by atoms with Gasteiger partial charge in [-0.1, -0.05) is 39.8 Å². The van der Waals surface area contributed by atoms with Crippen LogP contribution >= 0.6 is 21.6 Å². The van der Waals surface area contributed by atoms with Gasteiger partial charge in [0.05, 0.1) is 0 Å². The van der Waals surface area contributed by atoms with Gasteiger partial charge >= 0.3 is 0 Å². The predicted molar refractivity (Wildman–Crippen MR) is 53.8 cm³/mol. The molecule has 0 aliphatic carbocycles. The van der Waals surface area contributed by atoms with Gasteiger partial charge in [0, 0.05) is 17.2 Å². The maximum absolute atomic E-state index is 5.36. The number of nitrogens with two attached hydrogens (primary N) is 1. The molecule has 0 bridgehead atoms. The Morgan fingerprint density at radius 2 is 1.91 bits per heavy atom. The predicted octanol–water partition coefficient (Wildman–Crippen LogP) is 2.39. The molecule has 1 nitrogen and oxygen atoms in total. The molecule has 0 amide bonds. The highest BCUT2D eigenvalue weighted by Crippen LogP contribution is 2.29. The van der Waals surface area contributed by atoms with Gasteiger partial charge in [-0.05, 0) is 12.1 Å². The van der Waals surface area contributed by atoms with Crippen LogP contribution in [0.5, 0.6) is 0 Å². The van der Waals surface area contributed by atoms with Crippen molar-refractivity contribution >= 4 is 21.6 Å². The van der Waals surface area contributed by atoms with Crippen LogP contribution < -0.4 is 5.73 Å². The molecule has 1 aromatic carbocycles. The number of rotatable bonds is 4. The fraction of sp³-hybridized carbons (Fsp3) is 0.250. The van der Waals surface area contributed by atoms with Gasteiger partial charge in [0.25, 0.3) is 0 Å². The van der Waals surface area contributed by atoms with Gasteiger partial charge in [0.2, 0.25) is 0 Å². The Balaban J connectivity index is 2.28. The van der Waals surface area contributed by atoms with E-state index in [-0.39, 0.29) is 0 Å². The van der Waals surface area contributed by atoms with E-state index in [1.165, 1.54) is 4.90 Å². The molecule has 3 heteroatoms. The molecule has 0 saturated heterocycles. The summed E-state index contributed by atoms with van der Waals surface area (Å²) in [6, 6.07) is 10.3. The van der Waals surface area contributed by atoms with Crippen LogP contribution in [-0.4, -0.2) is 12.3 Å². The van der Waals surface area contributed by atoms with Crippen molar-refractivity contribution in [3.8, 4) is 0 Å². The SMILES string of the molecule is NCCSSc1ccccc1. The second-order valence-corrected chi connectivity index (χ2v) is 4.50. The number of hydrogen-bond acceptors (Lipinski definition) is 3. The molecule has 0 aliphatic rings. The van der Waals surface area contributed by atoms with Gasteiger partial charge in [-0.15, -0.1) is 0 Å². The van der Waals surface area contributed by atoms with Crippen LogP contribution in [0.1, 0.15) is 0 Å². The molecule has 0 heterocycles. The fourth-order valence-corrected chi connectivity index (χ4v) is 2.50. The summed E-state index contributed by atoms with van der Waals surface area (Å²) >= 11 is 0. The molecule has 0 saturated carbocycles. The average Bonchev–Trinajstić information content (AvgIpc) is 2.07. The van der Waals surface area contributed by atoms with Crippen molar-refractivity contribution in [1.29, 1.82) is 0 Å². The maximum Gasteiger partial charge on any atom is 0.0182 e. The first kappa shape index (κ1) is 8.97. The van der Waals surface area contributed by atoms with E-state index in [1.807, 2.05) is 18.2 Å². The molecule has 0 spiro atoms. The first-order chi connectivity index (χ1) is 5.43. The normalized spacial score (nSPS) is 9.91. The highest BCUT2D eigenvalue weighted by atomic mass is 33.1. The van der Waals surface area contributed by atoms with Crippen LogP contribution in [-0.2, 0) is 0 Å². The molecule has 11 heavy (non-hydrogen) atoms. The summed E-state index contributed by atoms with van der Waals surface area (Å²) < 4.78 is 0. The number of hydrogen-bond donors (Lipinski definition) is 1. The second kappa shape index (κ2) is 5.52. The van der Waals surface area contributed by atoms with E-state index in [0.717, 1.165) is 12.3 Å². The molecule has 2 N–H and O–H groups in total. The van der Waals surface area contributed by atoms with Gasteiger partial charge < -0.3 is 5.73 Å². The van der Waals surface area contributed by atoms with Crippen molar-refractivity contribution in [2.24, 2.45) is 5.73 Å². The molecule has 0 radical (unpaired) electrons. The summed E-state index contributed by atoms with van der Waals surface area (Å²) in [7, 11) is 3.58. The Hall–Kier alpha value is -0.120. The van der Waals surface area contributed by atoms with E-state index in [2.05, 4.69) is 12.1 Å². The Labute approximate surface area is 75.1 Å². The van der Waals surface area contributed by atoms with Gasteiger partial charge in [0.15, 0.2) is 0 Å². The molecule has 0 atom stereocenters. The Bertz CT molecular complexity index is 189. The van der Waals surface area contributed by atoms with Crippen LogP contribution in [0.3, 0.4) is 0 Å². The fourth-order valence-electron chi connectivity index (χ4n) is 0.634. The van der Waals surface area contributed by atoms with Crippen molar-refractivity contribution in [3.05, 3.63) is 30.3 Å². The van der Waals surface area contributed by atoms with Crippen LogP contribution in [0.25, 0.3) is 0 Å². The molecular formula is C8H11NS2. The molecule has 60 valence electrons. The first-order valence-electron chi connectivity index (χ1n) is 3.48. The quantitative estimate of drug-likeness (QED) is 0.576. The first-order valence-corrected chi connectivity index (χ1v) is 5.80. The van der Waals surface area contributed by atoms with Crippen LogP contribution in [0.2, 0.25) is 0 Å². The highest BCUT2D eigenvalue weighted by molar-refractivity contribution is 8.76. The highest BCUT2D eigenvalue weighted by Gasteiger charge is 1.90. The summed E-state index contributed by atoms with van der Waals surface area (Å²) in [4.78, 5) is 1.30. The lowest BCUT2D eigenvalue weighted by molar-refractivity contribution is 1.16. The topological polar surface area (TPSA) is 26.0 Å². The lowest BCUT2D eigenvalue weighted by Crippen LogP contribution is -1.99. The van der Waals surface area contributed by atoms with Gasteiger partial charge in [-0.3, -0.25) is 0 Å². The lowest BCUT2D eigenvalue weighted by Gasteiger charge is -1.97. The van der Waals surface area contributed by atoms with E-state index in [1.54, 1.807) is 21.6 Å². The molecule has 0 unspecified atom stereocenters. The van der Waals surface area contributed by atoms with Gasteiger partial charge in [0.1, 0.15) is 0 Å². The molecule has 1 rings (SSSR count). The maximum atomic E-state index is 5.36. The van der Waals surface area contributed by atoms with E-state index in [0.29, 0.717) is 0 Å². The molecule has 1 aromatic rings. The van der Waals surface area contributed by atoms with Crippen molar-refractivity contribution in [2.75, 3.05) is 12.3 Å². The molecule has 0 fully saturated rings. The third kappa shape index (κ3) is 3.70. The smallest absolute Gasteiger partial charge is 0.0182 e. The van der Waals surface area contributed by atoms with E-state index in [4.69, 9.17) is 5.73 Å². The summed E-state index contributed by atoms with van der Waals surface area (Å²) in [5, 5.41) is 0. The zero-order valence-electron chi connectivity index (χ0n) is 6.19.